The number of ether oxygens (including phenoxy) is 1. The lowest BCUT2D eigenvalue weighted by Gasteiger charge is -2.21. The van der Waals surface area contributed by atoms with Crippen molar-refractivity contribution in [3.63, 3.8) is 0 Å². The van der Waals surface area contributed by atoms with Crippen LogP contribution >= 0.6 is 11.8 Å². The third kappa shape index (κ3) is 2.71. The topological polar surface area (TPSA) is 44.1 Å². The van der Waals surface area contributed by atoms with Crippen LogP contribution in [-0.2, 0) is 11.2 Å². The summed E-state index contributed by atoms with van der Waals surface area (Å²) in [7, 11) is 1.71. The first-order valence-electron chi connectivity index (χ1n) is 7.46. The Labute approximate surface area is 134 Å². The molecule has 3 rings (SSSR count). The molecule has 1 aliphatic heterocycles. The monoisotopic (exact) mass is 316 g/mol. The number of aromatic nitrogens is 2. The van der Waals surface area contributed by atoms with Crippen LogP contribution in [0.2, 0.25) is 0 Å². The average Bonchev–Trinajstić information content (AvgIpc) is 2.90. The lowest BCUT2D eigenvalue weighted by atomic mass is 9.98. The summed E-state index contributed by atoms with van der Waals surface area (Å²) >= 11 is 1.59. The molecule has 4 nitrogen and oxygen atoms in total. The highest BCUT2D eigenvalue weighted by Crippen LogP contribution is 2.35. The predicted molar refractivity (Wildman–Crippen MR) is 88.6 cm³/mol. The van der Waals surface area contributed by atoms with E-state index in [1.807, 2.05) is 32.0 Å². The fraction of sp³-hybridized carbons (Fsp3) is 0.412. The Hall–Kier alpha value is -1.59. The van der Waals surface area contributed by atoms with Gasteiger partial charge in [-0.2, -0.15) is 4.98 Å². The van der Waals surface area contributed by atoms with Gasteiger partial charge in [-0.1, -0.05) is 55.9 Å². The normalized spacial score (nSPS) is 17.0. The molecule has 0 fully saturated rings. The summed E-state index contributed by atoms with van der Waals surface area (Å²) in [6.07, 6.45) is 0.670. The summed E-state index contributed by atoms with van der Waals surface area (Å²) in [5, 5.41) is 0.771. The molecule has 1 atom stereocenters. The van der Waals surface area contributed by atoms with E-state index in [4.69, 9.17) is 4.74 Å². The Balaban J connectivity index is 2.18. The second-order valence-electron chi connectivity index (χ2n) is 5.75. The first kappa shape index (κ1) is 15.3. The van der Waals surface area contributed by atoms with Gasteiger partial charge in [-0.3, -0.25) is 9.36 Å². The molecule has 116 valence electrons. The van der Waals surface area contributed by atoms with Crippen LogP contribution in [0.25, 0.3) is 0 Å². The van der Waals surface area contributed by atoms with Gasteiger partial charge < -0.3 is 4.74 Å². The molecular formula is C17H20N2O2S. The molecule has 0 amide bonds. The summed E-state index contributed by atoms with van der Waals surface area (Å²) in [5.74, 6) is 0.936. The van der Waals surface area contributed by atoms with E-state index in [2.05, 4.69) is 21.7 Å². The fourth-order valence-electron chi connectivity index (χ4n) is 2.91. The highest BCUT2D eigenvalue weighted by atomic mass is 32.2. The van der Waals surface area contributed by atoms with Gasteiger partial charge in [-0.15, -0.1) is 0 Å². The molecule has 0 saturated carbocycles. The first-order valence-corrected chi connectivity index (χ1v) is 8.45. The molecule has 0 bridgehead atoms. The summed E-state index contributed by atoms with van der Waals surface area (Å²) in [4.78, 5) is 16.7. The van der Waals surface area contributed by atoms with E-state index in [1.165, 1.54) is 5.56 Å². The van der Waals surface area contributed by atoms with Gasteiger partial charge in [0.1, 0.15) is 6.23 Å². The number of benzene rings is 1. The molecular weight excluding hydrogens is 296 g/mol. The van der Waals surface area contributed by atoms with E-state index in [-0.39, 0.29) is 17.7 Å². The zero-order valence-electron chi connectivity index (χ0n) is 13.1. The smallest absolute Gasteiger partial charge is 0.277 e. The van der Waals surface area contributed by atoms with E-state index >= 15 is 0 Å². The van der Waals surface area contributed by atoms with Crippen LogP contribution in [0.3, 0.4) is 0 Å². The van der Waals surface area contributed by atoms with E-state index < -0.39 is 0 Å². The van der Waals surface area contributed by atoms with Crippen molar-refractivity contribution in [2.24, 2.45) is 0 Å². The van der Waals surface area contributed by atoms with E-state index in [9.17, 15) is 4.79 Å². The summed E-state index contributed by atoms with van der Waals surface area (Å²) in [6.45, 7) is 4.09. The number of hydrogen-bond acceptors (Lipinski definition) is 4. The Bertz CT molecular complexity index is 725. The largest absolute Gasteiger partial charge is 0.360 e. The molecule has 5 heteroatoms. The summed E-state index contributed by atoms with van der Waals surface area (Å²) in [6, 6.07) is 10.2. The van der Waals surface area contributed by atoms with Crippen LogP contribution in [0.15, 0.2) is 40.3 Å². The minimum Gasteiger partial charge on any atom is -0.360 e. The number of nitrogens with zero attached hydrogens (tertiary/aromatic N) is 2. The van der Waals surface area contributed by atoms with E-state index in [1.54, 1.807) is 18.9 Å². The molecule has 0 spiro atoms. The van der Waals surface area contributed by atoms with Gasteiger partial charge in [0.15, 0.2) is 5.16 Å². The quantitative estimate of drug-likeness (QED) is 0.813. The SMILES string of the molecule is COC1CSc2nc(=O)c(C(C)C)c(Cc3ccccc3)n21. The molecule has 22 heavy (non-hydrogen) atoms. The lowest BCUT2D eigenvalue weighted by molar-refractivity contribution is 0.0587. The van der Waals surface area contributed by atoms with E-state index in [0.29, 0.717) is 0 Å². The standard InChI is InChI=1S/C17H20N2O2S/c1-11(2)15-13(9-12-7-5-4-6-8-12)19-14(21-3)10-22-17(19)18-16(15)20/h4-8,11,14H,9-10H2,1-3H3. The van der Waals surface area contributed by atoms with Crippen LogP contribution in [0.1, 0.15) is 42.8 Å². The van der Waals surface area contributed by atoms with Crippen molar-refractivity contribution >= 4 is 11.8 Å². The van der Waals surface area contributed by atoms with Gasteiger partial charge in [0.25, 0.3) is 5.56 Å². The van der Waals surface area contributed by atoms with Gasteiger partial charge in [-0.05, 0) is 11.5 Å². The lowest BCUT2D eigenvalue weighted by Crippen LogP contribution is -2.26. The maximum absolute atomic E-state index is 12.4. The maximum Gasteiger partial charge on any atom is 0.277 e. The van der Waals surface area contributed by atoms with Crippen LogP contribution in [0.5, 0.6) is 0 Å². The summed E-state index contributed by atoms with van der Waals surface area (Å²) < 4.78 is 7.70. The molecule has 2 heterocycles. The molecule has 1 aromatic carbocycles. The van der Waals surface area contributed by atoms with Crippen molar-refractivity contribution in [3.05, 3.63) is 57.5 Å². The van der Waals surface area contributed by atoms with Gasteiger partial charge in [-0.25, -0.2) is 0 Å². The van der Waals surface area contributed by atoms with Gasteiger partial charge in [0.05, 0.1) is 0 Å². The minimum atomic E-state index is -0.101. The third-order valence-electron chi connectivity index (χ3n) is 3.94. The molecule has 1 unspecified atom stereocenters. The van der Waals surface area contributed by atoms with Crippen LogP contribution < -0.4 is 5.56 Å². The van der Waals surface area contributed by atoms with Crippen LogP contribution in [0.4, 0.5) is 0 Å². The molecule has 0 radical (unpaired) electrons. The Morgan fingerprint density at radius 2 is 2.09 bits per heavy atom. The van der Waals surface area contributed by atoms with Crippen molar-refractivity contribution in [1.82, 2.24) is 9.55 Å². The Morgan fingerprint density at radius 3 is 2.73 bits per heavy atom. The number of rotatable bonds is 4. The third-order valence-corrected chi connectivity index (χ3v) is 4.94. The Morgan fingerprint density at radius 1 is 1.36 bits per heavy atom. The van der Waals surface area contributed by atoms with Crippen molar-refractivity contribution in [2.45, 2.75) is 37.6 Å². The highest BCUT2D eigenvalue weighted by molar-refractivity contribution is 7.99. The molecule has 0 saturated heterocycles. The second kappa shape index (κ2) is 6.26. The van der Waals surface area contributed by atoms with Crippen molar-refractivity contribution in [3.8, 4) is 0 Å². The summed E-state index contributed by atoms with van der Waals surface area (Å²) in [5.41, 5.74) is 2.93. The molecule has 2 aromatic rings. The van der Waals surface area contributed by atoms with Crippen LogP contribution in [0, 0.1) is 0 Å². The van der Waals surface area contributed by atoms with Gasteiger partial charge >= 0.3 is 0 Å². The number of thioether (sulfide) groups is 1. The zero-order chi connectivity index (χ0) is 15.7. The molecule has 1 aromatic heterocycles. The van der Waals surface area contributed by atoms with E-state index in [0.717, 1.165) is 28.6 Å². The maximum atomic E-state index is 12.4. The van der Waals surface area contributed by atoms with Gasteiger partial charge in [0, 0.05) is 30.5 Å². The minimum absolute atomic E-state index is 0.0516. The Kier molecular flexibility index (Phi) is 4.36. The number of fused-ring (bicyclic) bond motifs is 1. The fourth-order valence-corrected chi connectivity index (χ4v) is 4.00. The molecule has 0 N–H and O–H groups in total. The van der Waals surface area contributed by atoms with Crippen molar-refractivity contribution in [1.29, 1.82) is 0 Å². The molecule has 1 aliphatic rings. The molecule has 0 aliphatic carbocycles. The zero-order valence-corrected chi connectivity index (χ0v) is 13.9. The van der Waals surface area contributed by atoms with Crippen molar-refractivity contribution < 1.29 is 4.74 Å². The van der Waals surface area contributed by atoms with Gasteiger partial charge in [0.2, 0.25) is 0 Å². The number of methoxy groups -OCH3 is 1. The first-order chi connectivity index (χ1) is 10.6. The van der Waals surface area contributed by atoms with Crippen LogP contribution in [-0.4, -0.2) is 22.4 Å². The highest BCUT2D eigenvalue weighted by Gasteiger charge is 2.29. The number of hydrogen-bond donors (Lipinski definition) is 0. The second-order valence-corrected chi connectivity index (χ2v) is 6.74. The average molecular weight is 316 g/mol. The predicted octanol–water partition coefficient (Wildman–Crippen LogP) is 3.21. The van der Waals surface area contributed by atoms with Crippen molar-refractivity contribution in [2.75, 3.05) is 12.9 Å².